The lowest BCUT2D eigenvalue weighted by molar-refractivity contribution is -0.140. The van der Waals surface area contributed by atoms with Crippen LogP contribution in [0.1, 0.15) is 50.3 Å². The number of nitrogens with one attached hydrogen (secondary N) is 1. The monoisotopic (exact) mass is 432 g/mol. The summed E-state index contributed by atoms with van der Waals surface area (Å²) in [7, 11) is 0. The highest BCUT2D eigenvalue weighted by Crippen LogP contribution is 2.35. The number of nitrogens with zero attached hydrogens (tertiary/aromatic N) is 3. The highest BCUT2D eigenvalue weighted by molar-refractivity contribution is 5.92. The topological polar surface area (TPSA) is 78.3 Å². The van der Waals surface area contributed by atoms with Crippen LogP contribution in [0.5, 0.6) is 5.75 Å². The van der Waals surface area contributed by atoms with Gasteiger partial charge in [0.1, 0.15) is 24.7 Å². The molecule has 0 radical (unpaired) electrons. The first-order chi connectivity index (χ1) is 15.7. The molecule has 1 aliphatic rings. The summed E-state index contributed by atoms with van der Waals surface area (Å²) in [5, 5.41) is 7.53. The minimum absolute atomic E-state index is 0.206. The number of carbonyl (C=O) groups is 1. The van der Waals surface area contributed by atoms with Crippen molar-refractivity contribution < 1.29 is 14.3 Å². The van der Waals surface area contributed by atoms with E-state index in [9.17, 15) is 4.79 Å². The van der Waals surface area contributed by atoms with E-state index in [1.54, 1.807) is 4.68 Å². The highest BCUT2D eigenvalue weighted by Gasteiger charge is 2.34. The van der Waals surface area contributed by atoms with Crippen molar-refractivity contribution in [2.24, 2.45) is 0 Å². The van der Waals surface area contributed by atoms with Crippen LogP contribution in [0.4, 0.5) is 5.95 Å². The summed E-state index contributed by atoms with van der Waals surface area (Å²) in [6, 6.07) is 17.0. The second-order valence-corrected chi connectivity index (χ2v) is 7.78. The van der Waals surface area contributed by atoms with E-state index in [1.165, 1.54) is 6.33 Å². The summed E-state index contributed by atoms with van der Waals surface area (Å²) in [6.45, 7) is 4.93. The molecule has 7 nitrogen and oxygen atoms in total. The molecule has 0 bridgehead atoms. The number of esters is 1. The van der Waals surface area contributed by atoms with Crippen molar-refractivity contribution in [1.29, 1.82) is 0 Å². The van der Waals surface area contributed by atoms with Gasteiger partial charge >= 0.3 is 5.97 Å². The average Bonchev–Trinajstić information content (AvgIpc) is 3.28. The molecule has 2 heterocycles. The van der Waals surface area contributed by atoms with Crippen molar-refractivity contribution >= 4 is 11.9 Å². The fourth-order valence-electron chi connectivity index (χ4n) is 3.75. The third-order valence-corrected chi connectivity index (χ3v) is 5.44. The zero-order valence-electron chi connectivity index (χ0n) is 18.5. The highest BCUT2D eigenvalue weighted by atomic mass is 16.5. The van der Waals surface area contributed by atoms with Crippen LogP contribution in [0.2, 0.25) is 0 Å². The number of unbranched alkanes of at least 4 members (excludes halogenated alkanes) is 2. The molecule has 0 aliphatic carbocycles. The van der Waals surface area contributed by atoms with Gasteiger partial charge in [-0.1, -0.05) is 62.2 Å². The van der Waals surface area contributed by atoms with Crippen molar-refractivity contribution in [3.8, 4) is 5.75 Å². The van der Waals surface area contributed by atoms with E-state index in [1.807, 2.05) is 61.5 Å². The molecule has 3 aromatic rings. The van der Waals surface area contributed by atoms with Crippen LogP contribution in [-0.2, 0) is 16.1 Å². The Balaban J connectivity index is 1.56. The number of aromatic nitrogens is 3. The van der Waals surface area contributed by atoms with E-state index < -0.39 is 6.04 Å². The number of hydrogen-bond donors (Lipinski definition) is 1. The van der Waals surface area contributed by atoms with Gasteiger partial charge in [-0.2, -0.15) is 10.1 Å². The normalized spacial score (nSPS) is 15.1. The number of rotatable bonds is 9. The van der Waals surface area contributed by atoms with Gasteiger partial charge in [0.2, 0.25) is 5.95 Å². The van der Waals surface area contributed by atoms with Gasteiger partial charge in [-0.3, -0.25) is 0 Å². The molecule has 166 valence electrons. The number of allylic oxidation sites excluding steroid dienone is 1. The molecule has 1 aromatic heterocycles. The number of fused-ring (bicyclic) bond motifs is 1. The van der Waals surface area contributed by atoms with E-state index in [0.29, 0.717) is 23.8 Å². The Bertz CT molecular complexity index is 1070. The maximum absolute atomic E-state index is 13.2. The minimum Gasteiger partial charge on any atom is -0.494 e. The maximum Gasteiger partial charge on any atom is 0.338 e. The molecule has 0 saturated heterocycles. The van der Waals surface area contributed by atoms with Gasteiger partial charge < -0.3 is 14.8 Å². The molecule has 0 amide bonds. The summed E-state index contributed by atoms with van der Waals surface area (Å²) in [5.74, 6) is 1.02. The largest absolute Gasteiger partial charge is 0.494 e. The van der Waals surface area contributed by atoms with Crippen molar-refractivity contribution in [3.63, 3.8) is 0 Å². The van der Waals surface area contributed by atoms with Crippen molar-refractivity contribution in [2.75, 3.05) is 11.9 Å². The third kappa shape index (κ3) is 4.82. The zero-order valence-corrected chi connectivity index (χ0v) is 18.5. The first-order valence-corrected chi connectivity index (χ1v) is 11.0. The number of anilines is 1. The standard InChI is InChI=1S/C25H28N4O3/c1-3-4-8-15-31-21-13-11-20(12-14-21)23-22(18(2)28-25-26-17-27-29(23)25)24(30)32-16-19-9-6-5-7-10-19/h5-7,9-14,17,23H,3-4,8,15-16H2,1-2H3,(H,26,27,28). The van der Waals surface area contributed by atoms with Crippen LogP contribution in [0.15, 0.2) is 72.2 Å². The molecule has 7 heteroatoms. The lowest BCUT2D eigenvalue weighted by atomic mass is 9.95. The number of ether oxygens (including phenoxy) is 2. The number of hydrogen-bond acceptors (Lipinski definition) is 6. The van der Waals surface area contributed by atoms with Crippen LogP contribution >= 0.6 is 0 Å². The molecule has 4 rings (SSSR count). The quantitative estimate of drug-likeness (QED) is 0.384. The van der Waals surface area contributed by atoms with Gasteiger partial charge in [-0.25, -0.2) is 9.48 Å². The van der Waals surface area contributed by atoms with E-state index >= 15 is 0 Å². The molecule has 1 aliphatic heterocycles. The molecule has 1 unspecified atom stereocenters. The van der Waals surface area contributed by atoms with Crippen molar-refractivity contribution in [1.82, 2.24) is 14.8 Å². The molecular weight excluding hydrogens is 404 g/mol. The minimum atomic E-state index is -0.439. The van der Waals surface area contributed by atoms with E-state index in [2.05, 4.69) is 22.3 Å². The summed E-state index contributed by atoms with van der Waals surface area (Å²) < 4.78 is 13.2. The van der Waals surface area contributed by atoms with Gasteiger partial charge in [0.25, 0.3) is 0 Å². The van der Waals surface area contributed by atoms with E-state index in [-0.39, 0.29) is 12.6 Å². The van der Waals surface area contributed by atoms with Crippen LogP contribution in [0, 0.1) is 0 Å². The number of carbonyl (C=O) groups excluding carboxylic acids is 1. The van der Waals surface area contributed by atoms with Gasteiger partial charge in [0, 0.05) is 5.70 Å². The molecular formula is C25H28N4O3. The van der Waals surface area contributed by atoms with Crippen LogP contribution in [0.25, 0.3) is 0 Å². The zero-order chi connectivity index (χ0) is 22.3. The van der Waals surface area contributed by atoms with Gasteiger partial charge in [0.05, 0.1) is 12.2 Å². The third-order valence-electron chi connectivity index (χ3n) is 5.44. The molecule has 0 saturated carbocycles. The SMILES string of the molecule is CCCCCOc1ccc(C2C(C(=O)OCc3ccccc3)=C(C)Nc3ncnn32)cc1. The molecule has 2 aromatic carbocycles. The fourth-order valence-corrected chi connectivity index (χ4v) is 3.75. The molecule has 0 fully saturated rings. The van der Waals surface area contributed by atoms with Crippen molar-refractivity contribution in [3.05, 3.63) is 83.3 Å². The summed E-state index contributed by atoms with van der Waals surface area (Å²) in [6.07, 6.45) is 4.83. The maximum atomic E-state index is 13.2. The summed E-state index contributed by atoms with van der Waals surface area (Å²) in [5.41, 5.74) is 3.06. The smallest absolute Gasteiger partial charge is 0.338 e. The average molecular weight is 433 g/mol. The predicted octanol–water partition coefficient (Wildman–Crippen LogP) is 4.88. The Morgan fingerprint density at radius 2 is 1.88 bits per heavy atom. The molecule has 1 atom stereocenters. The Morgan fingerprint density at radius 1 is 1.09 bits per heavy atom. The first-order valence-electron chi connectivity index (χ1n) is 11.0. The van der Waals surface area contributed by atoms with E-state index in [4.69, 9.17) is 9.47 Å². The molecule has 0 spiro atoms. The van der Waals surface area contributed by atoms with Crippen LogP contribution < -0.4 is 10.1 Å². The molecule has 32 heavy (non-hydrogen) atoms. The van der Waals surface area contributed by atoms with Gasteiger partial charge in [0.15, 0.2) is 0 Å². The summed E-state index contributed by atoms with van der Waals surface area (Å²) >= 11 is 0. The Hall–Kier alpha value is -3.61. The lowest BCUT2D eigenvalue weighted by Gasteiger charge is -2.28. The second-order valence-electron chi connectivity index (χ2n) is 7.78. The Labute approximate surface area is 188 Å². The second kappa shape index (κ2) is 10.1. The Morgan fingerprint density at radius 3 is 2.62 bits per heavy atom. The Kier molecular flexibility index (Phi) is 6.84. The number of benzene rings is 2. The van der Waals surface area contributed by atoms with E-state index in [0.717, 1.165) is 36.1 Å². The van der Waals surface area contributed by atoms with Crippen LogP contribution in [0.3, 0.4) is 0 Å². The van der Waals surface area contributed by atoms with Crippen molar-refractivity contribution in [2.45, 2.75) is 45.8 Å². The summed E-state index contributed by atoms with van der Waals surface area (Å²) in [4.78, 5) is 17.4. The lowest BCUT2D eigenvalue weighted by Crippen LogP contribution is -2.29. The van der Waals surface area contributed by atoms with Gasteiger partial charge in [-0.15, -0.1) is 0 Å². The predicted molar refractivity (Wildman–Crippen MR) is 122 cm³/mol. The van der Waals surface area contributed by atoms with Gasteiger partial charge in [-0.05, 0) is 36.6 Å². The molecule has 1 N–H and O–H groups in total. The fraction of sp³-hybridized carbons (Fsp3) is 0.320. The van der Waals surface area contributed by atoms with Crippen LogP contribution in [-0.4, -0.2) is 27.3 Å². The first kappa shape index (κ1) is 21.6.